The van der Waals surface area contributed by atoms with Crippen molar-refractivity contribution in [2.45, 2.75) is 31.7 Å². The lowest BCUT2D eigenvalue weighted by Gasteiger charge is -2.38. The van der Waals surface area contributed by atoms with Crippen molar-refractivity contribution in [2.75, 3.05) is 20.2 Å². The molecule has 1 fully saturated rings. The third-order valence-electron chi connectivity index (χ3n) is 3.21. The number of piperidine rings is 1. The molecule has 0 amide bonds. The van der Waals surface area contributed by atoms with Gasteiger partial charge in [0.15, 0.2) is 0 Å². The highest BCUT2D eigenvalue weighted by atomic mass is 16.5. The lowest BCUT2D eigenvalue weighted by molar-refractivity contribution is -0.136. The van der Waals surface area contributed by atoms with Crippen molar-refractivity contribution in [3.05, 3.63) is 11.6 Å². The molecule has 0 spiro atoms. The lowest BCUT2D eigenvalue weighted by Crippen LogP contribution is -2.43. The van der Waals surface area contributed by atoms with Gasteiger partial charge in [0.05, 0.1) is 7.11 Å². The normalized spacial score (nSPS) is 27.8. The lowest BCUT2D eigenvalue weighted by atomic mass is 9.94. The minimum absolute atomic E-state index is 0.158. The summed E-state index contributed by atoms with van der Waals surface area (Å²) in [7, 11) is 1.45. The second-order valence-corrected chi connectivity index (χ2v) is 4.08. The van der Waals surface area contributed by atoms with E-state index in [-0.39, 0.29) is 5.97 Å². The molecular weight excluding hydrogens is 178 g/mol. The van der Waals surface area contributed by atoms with E-state index in [2.05, 4.69) is 11.0 Å². The first-order valence-electron chi connectivity index (χ1n) is 5.32. The molecule has 2 rings (SSSR count). The smallest absolute Gasteiger partial charge is 0.334 e. The summed E-state index contributed by atoms with van der Waals surface area (Å²) in [5, 5.41) is 0. The van der Waals surface area contributed by atoms with Crippen LogP contribution in [0.25, 0.3) is 0 Å². The van der Waals surface area contributed by atoms with Crippen LogP contribution in [0.4, 0.5) is 0 Å². The zero-order chi connectivity index (χ0) is 9.97. The van der Waals surface area contributed by atoms with Gasteiger partial charge < -0.3 is 4.74 Å². The molecule has 2 heterocycles. The first kappa shape index (κ1) is 9.71. The fourth-order valence-corrected chi connectivity index (χ4v) is 2.38. The summed E-state index contributed by atoms with van der Waals surface area (Å²) in [5.74, 6) is -0.158. The second kappa shape index (κ2) is 4.13. The molecule has 1 saturated heterocycles. The quantitative estimate of drug-likeness (QED) is 0.591. The molecule has 0 aromatic heterocycles. The third-order valence-corrected chi connectivity index (χ3v) is 3.21. The van der Waals surface area contributed by atoms with Crippen molar-refractivity contribution in [1.29, 1.82) is 0 Å². The minimum atomic E-state index is -0.158. The first-order valence-corrected chi connectivity index (χ1v) is 5.32. The van der Waals surface area contributed by atoms with E-state index in [0.29, 0.717) is 6.04 Å². The van der Waals surface area contributed by atoms with Crippen LogP contribution < -0.4 is 0 Å². The molecule has 1 atom stereocenters. The Morgan fingerprint density at radius 1 is 1.57 bits per heavy atom. The highest BCUT2D eigenvalue weighted by molar-refractivity contribution is 5.89. The van der Waals surface area contributed by atoms with Gasteiger partial charge in [0.1, 0.15) is 0 Å². The van der Waals surface area contributed by atoms with Crippen LogP contribution in [0.5, 0.6) is 0 Å². The van der Waals surface area contributed by atoms with Gasteiger partial charge in [-0.3, -0.25) is 4.90 Å². The summed E-state index contributed by atoms with van der Waals surface area (Å²) >= 11 is 0. The van der Waals surface area contributed by atoms with Crippen molar-refractivity contribution in [2.24, 2.45) is 0 Å². The zero-order valence-corrected chi connectivity index (χ0v) is 8.66. The van der Waals surface area contributed by atoms with Gasteiger partial charge in [-0.15, -0.1) is 0 Å². The molecule has 1 unspecified atom stereocenters. The largest absolute Gasteiger partial charge is 0.466 e. The van der Waals surface area contributed by atoms with E-state index in [4.69, 9.17) is 4.74 Å². The topological polar surface area (TPSA) is 29.5 Å². The number of hydrogen-bond acceptors (Lipinski definition) is 3. The van der Waals surface area contributed by atoms with Crippen LogP contribution in [0.15, 0.2) is 11.6 Å². The third kappa shape index (κ3) is 1.82. The summed E-state index contributed by atoms with van der Waals surface area (Å²) in [6.45, 7) is 1.93. The molecule has 2 aliphatic heterocycles. The Kier molecular flexibility index (Phi) is 2.87. The van der Waals surface area contributed by atoms with Crippen LogP contribution in [0.1, 0.15) is 25.7 Å². The molecule has 0 radical (unpaired) electrons. The minimum Gasteiger partial charge on any atom is -0.466 e. The zero-order valence-electron chi connectivity index (χ0n) is 8.66. The molecule has 3 nitrogen and oxygen atoms in total. The van der Waals surface area contributed by atoms with E-state index >= 15 is 0 Å². The second-order valence-electron chi connectivity index (χ2n) is 4.08. The average Bonchev–Trinajstić information content (AvgIpc) is 2.27. The van der Waals surface area contributed by atoms with Gasteiger partial charge in [0, 0.05) is 18.2 Å². The number of ether oxygens (including phenoxy) is 1. The van der Waals surface area contributed by atoms with Crippen LogP contribution in [0, 0.1) is 0 Å². The maximum absolute atomic E-state index is 11.3. The fourth-order valence-electron chi connectivity index (χ4n) is 2.38. The number of carbonyl (C=O) groups excluding carboxylic acids is 1. The molecule has 0 aliphatic carbocycles. The van der Waals surface area contributed by atoms with Crippen LogP contribution in [-0.4, -0.2) is 37.1 Å². The van der Waals surface area contributed by atoms with Crippen LogP contribution >= 0.6 is 0 Å². The fraction of sp³-hybridized carbons (Fsp3) is 0.727. The van der Waals surface area contributed by atoms with E-state index in [1.165, 1.54) is 26.4 Å². The molecule has 3 heteroatoms. The van der Waals surface area contributed by atoms with Crippen molar-refractivity contribution in [3.8, 4) is 0 Å². The monoisotopic (exact) mass is 195 g/mol. The Labute approximate surface area is 84.7 Å². The number of hydrogen-bond donors (Lipinski definition) is 0. The molecule has 0 aromatic carbocycles. The van der Waals surface area contributed by atoms with Gasteiger partial charge in [-0.25, -0.2) is 4.79 Å². The van der Waals surface area contributed by atoms with Crippen LogP contribution in [-0.2, 0) is 9.53 Å². The van der Waals surface area contributed by atoms with E-state index in [9.17, 15) is 4.79 Å². The number of esters is 1. The standard InChI is InChI=1S/C11H17NO2/c1-14-11(13)9-5-6-10-4-2-3-7-12(10)8-9/h5,10H,2-4,6-8H2,1H3. The highest BCUT2D eigenvalue weighted by Gasteiger charge is 2.27. The van der Waals surface area contributed by atoms with Crippen molar-refractivity contribution in [3.63, 3.8) is 0 Å². The molecule has 2 aliphatic rings. The molecule has 0 saturated carbocycles. The molecule has 78 valence electrons. The van der Waals surface area contributed by atoms with Crippen molar-refractivity contribution in [1.82, 2.24) is 4.90 Å². The van der Waals surface area contributed by atoms with Gasteiger partial charge in [-0.05, 0) is 25.8 Å². The number of carbonyl (C=O) groups is 1. The molecule has 0 aromatic rings. The number of rotatable bonds is 1. The Balaban J connectivity index is 2.03. The van der Waals surface area contributed by atoms with Gasteiger partial charge >= 0.3 is 5.97 Å². The van der Waals surface area contributed by atoms with Crippen LogP contribution in [0.2, 0.25) is 0 Å². The van der Waals surface area contributed by atoms with Gasteiger partial charge in [0.2, 0.25) is 0 Å². The Bertz CT molecular complexity index is 260. The van der Waals surface area contributed by atoms with Crippen molar-refractivity contribution >= 4 is 5.97 Å². The molecule has 14 heavy (non-hydrogen) atoms. The van der Waals surface area contributed by atoms with E-state index < -0.39 is 0 Å². The van der Waals surface area contributed by atoms with Crippen molar-refractivity contribution < 1.29 is 9.53 Å². The number of nitrogens with zero attached hydrogens (tertiary/aromatic N) is 1. The van der Waals surface area contributed by atoms with Gasteiger partial charge in [0.25, 0.3) is 0 Å². The van der Waals surface area contributed by atoms with E-state index in [1.54, 1.807) is 0 Å². The Morgan fingerprint density at radius 3 is 3.21 bits per heavy atom. The van der Waals surface area contributed by atoms with E-state index in [1.807, 2.05) is 0 Å². The van der Waals surface area contributed by atoms with Gasteiger partial charge in [-0.2, -0.15) is 0 Å². The predicted octanol–water partition coefficient (Wildman–Crippen LogP) is 1.34. The first-order chi connectivity index (χ1) is 6.81. The average molecular weight is 195 g/mol. The maximum Gasteiger partial charge on any atom is 0.334 e. The summed E-state index contributed by atoms with van der Waals surface area (Å²) in [6, 6.07) is 0.678. The number of fused-ring (bicyclic) bond motifs is 1. The summed E-state index contributed by atoms with van der Waals surface area (Å²) in [5.41, 5.74) is 0.839. The van der Waals surface area contributed by atoms with E-state index in [0.717, 1.165) is 25.1 Å². The van der Waals surface area contributed by atoms with Crippen LogP contribution in [0.3, 0.4) is 0 Å². The number of methoxy groups -OCH3 is 1. The molecule has 0 N–H and O–H groups in total. The Morgan fingerprint density at radius 2 is 2.43 bits per heavy atom. The molecular formula is C11H17NO2. The summed E-state index contributed by atoms with van der Waals surface area (Å²) < 4.78 is 4.74. The highest BCUT2D eigenvalue weighted by Crippen LogP contribution is 2.25. The Hall–Kier alpha value is -0.830. The molecule has 0 bridgehead atoms. The SMILES string of the molecule is COC(=O)C1=CCC2CCCCN2C1. The summed E-state index contributed by atoms with van der Waals surface area (Å²) in [4.78, 5) is 13.7. The maximum atomic E-state index is 11.3. The summed E-state index contributed by atoms with van der Waals surface area (Å²) in [6.07, 6.45) is 6.96. The van der Waals surface area contributed by atoms with Gasteiger partial charge in [-0.1, -0.05) is 12.5 Å². The predicted molar refractivity (Wildman–Crippen MR) is 53.9 cm³/mol.